The minimum atomic E-state index is -3.14. The van der Waals surface area contributed by atoms with Gasteiger partial charge in [0.1, 0.15) is 4.32 Å². The molecule has 0 saturated carbocycles. The summed E-state index contributed by atoms with van der Waals surface area (Å²) in [6.07, 6.45) is 0.378. The van der Waals surface area contributed by atoms with Gasteiger partial charge in [-0.3, -0.25) is 14.5 Å². The van der Waals surface area contributed by atoms with Crippen LogP contribution >= 0.6 is 24.0 Å². The standard InChI is InChI=1S/C17H16N2O4S3/c1-2-18-12-6-4-3-5-11(12)13(15(18)20)14-16(21)19(17(24)25-14)10-7-8-26(22,23)9-10/h3-6,10H,2,7-9H2,1H3/b14-13-. The van der Waals surface area contributed by atoms with E-state index in [1.807, 2.05) is 31.2 Å². The zero-order valence-corrected chi connectivity index (χ0v) is 16.4. The third kappa shape index (κ3) is 2.60. The molecule has 0 aromatic heterocycles. The van der Waals surface area contributed by atoms with Gasteiger partial charge in [-0.05, 0) is 19.4 Å². The molecular formula is C17H16N2O4S3. The Morgan fingerprint density at radius 3 is 2.62 bits per heavy atom. The molecule has 0 radical (unpaired) electrons. The first-order valence-electron chi connectivity index (χ1n) is 8.25. The molecule has 26 heavy (non-hydrogen) atoms. The minimum Gasteiger partial charge on any atom is -0.308 e. The quantitative estimate of drug-likeness (QED) is 0.549. The number of carbonyl (C=O) groups is 2. The molecule has 0 spiro atoms. The Hall–Kier alpha value is -1.71. The summed E-state index contributed by atoms with van der Waals surface area (Å²) in [5, 5.41) is 0. The number of rotatable bonds is 2. The van der Waals surface area contributed by atoms with E-state index in [2.05, 4.69) is 0 Å². The summed E-state index contributed by atoms with van der Waals surface area (Å²) < 4.78 is 23.9. The number of thioether (sulfide) groups is 1. The molecule has 3 aliphatic heterocycles. The van der Waals surface area contributed by atoms with Gasteiger partial charge in [0.05, 0.1) is 33.7 Å². The molecular weight excluding hydrogens is 392 g/mol. The minimum absolute atomic E-state index is 0.0615. The number of anilines is 1. The van der Waals surface area contributed by atoms with E-state index in [0.717, 1.165) is 23.0 Å². The summed E-state index contributed by atoms with van der Waals surface area (Å²) in [6.45, 7) is 2.38. The first-order chi connectivity index (χ1) is 12.3. The van der Waals surface area contributed by atoms with Crippen molar-refractivity contribution in [3.8, 4) is 0 Å². The van der Waals surface area contributed by atoms with E-state index in [1.54, 1.807) is 4.90 Å². The summed E-state index contributed by atoms with van der Waals surface area (Å²) >= 11 is 6.44. The highest BCUT2D eigenvalue weighted by atomic mass is 32.2. The smallest absolute Gasteiger partial charge is 0.267 e. The molecule has 0 bridgehead atoms. The van der Waals surface area contributed by atoms with Crippen molar-refractivity contribution in [3.05, 3.63) is 34.7 Å². The van der Waals surface area contributed by atoms with Crippen LogP contribution in [0.3, 0.4) is 0 Å². The van der Waals surface area contributed by atoms with Crippen LogP contribution in [0.25, 0.3) is 5.57 Å². The van der Waals surface area contributed by atoms with Crippen molar-refractivity contribution < 1.29 is 18.0 Å². The maximum Gasteiger partial charge on any atom is 0.267 e. The monoisotopic (exact) mass is 408 g/mol. The molecule has 1 atom stereocenters. The van der Waals surface area contributed by atoms with E-state index in [9.17, 15) is 18.0 Å². The largest absolute Gasteiger partial charge is 0.308 e. The van der Waals surface area contributed by atoms with Gasteiger partial charge >= 0.3 is 0 Å². The van der Waals surface area contributed by atoms with Gasteiger partial charge in [-0.15, -0.1) is 0 Å². The molecule has 2 amide bonds. The van der Waals surface area contributed by atoms with Gasteiger partial charge in [0, 0.05) is 12.1 Å². The average molecular weight is 409 g/mol. The van der Waals surface area contributed by atoms with Crippen molar-refractivity contribution >= 4 is 61.2 Å². The number of hydrogen-bond donors (Lipinski definition) is 0. The van der Waals surface area contributed by atoms with E-state index < -0.39 is 15.9 Å². The summed E-state index contributed by atoms with van der Waals surface area (Å²) in [6, 6.07) is 6.92. The van der Waals surface area contributed by atoms with Crippen molar-refractivity contribution in [2.24, 2.45) is 0 Å². The van der Waals surface area contributed by atoms with Crippen LogP contribution in [0.5, 0.6) is 0 Å². The van der Waals surface area contributed by atoms with Crippen LogP contribution in [0, 0.1) is 0 Å². The SMILES string of the molecule is CCN1C(=O)/C(=C2\SC(=S)N(C3CCS(=O)(=O)C3)C2=O)c2ccccc21. The molecule has 0 N–H and O–H groups in total. The average Bonchev–Trinajstić information content (AvgIpc) is 3.18. The van der Waals surface area contributed by atoms with Crippen LogP contribution in [0.2, 0.25) is 0 Å². The summed E-state index contributed by atoms with van der Waals surface area (Å²) in [4.78, 5) is 29.3. The predicted molar refractivity (Wildman–Crippen MR) is 105 cm³/mol. The Bertz CT molecular complexity index is 983. The number of thiocarbonyl (C=S) groups is 1. The molecule has 1 unspecified atom stereocenters. The number of amides is 2. The van der Waals surface area contributed by atoms with E-state index >= 15 is 0 Å². The number of likely N-dealkylation sites (N-methyl/N-ethyl adjacent to an activating group) is 1. The fraction of sp³-hybridized carbons (Fsp3) is 0.353. The number of nitrogens with zero attached hydrogens (tertiary/aromatic N) is 2. The molecule has 4 rings (SSSR count). The number of hydrogen-bond acceptors (Lipinski definition) is 6. The highest BCUT2D eigenvalue weighted by Crippen LogP contribution is 2.45. The zero-order valence-electron chi connectivity index (χ0n) is 14.0. The fourth-order valence-corrected chi connectivity index (χ4v) is 6.81. The Morgan fingerprint density at radius 2 is 1.96 bits per heavy atom. The third-order valence-corrected chi connectivity index (χ3v) is 7.99. The van der Waals surface area contributed by atoms with Crippen molar-refractivity contribution in [2.45, 2.75) is 19.4 Å². The molecule has 0 aliphatic carbocycles. The lowest BCUT2D eigenvalue weighted by Crippen LogP contribution is -2.39. The molecule has 6 nitrogen and oxygen atoms in total. The van der Waals surface area contributed by atoms with E-state index in [1.165, 1.54) is 4.90 Å². The Labute approximate surface area is 161 Å². The van der Waals surface area contributed by atoms with Gasteiger partial charge in [0.25, 0.3) is 11.8 Å². The number of sulfone groups is 1. The summed E-state index contributed by atoms with van der Waals surface area (Å²) in [5.41, 5.74) is 1.87. The topological polar surface area (TPSA) is 74.8 Å². The fourth-order valence-electron chi connectivity index (χ4n) is 3.64. The third-order valence-electron chi connectivity index (χ3n) is 4.84. The maximum atomic E-state index is 13.0. The van der Waals surface area contributed by atoms with E-state index in [0.29, 0.717) is 27.8 Å². The molecule has 3 aliphatic rings. The van der Waals surface area contributed by atoms with Gasteiger partial charge in [-0.2, -0.15) is 0 Å². The molecule has 3 heterocycles. The molecule has 1 aromatic carbocycles. The van der Waals surface area contributed by atoms with Crippen molar-refractivity contribution in [1.29, 1.82) is 0 Å². The van der Waals surface area contributed by atoms with Gasteiger partial charge < -0.3 is 4.90 Å². The second kappa shape index (κ2) is 6.17. The van der Waals surface area contributed by atoms with Gasteiger partial charge in [-0.25, -0.2) is 8.42 Å². The van der Waals surface area contributed by atoms with Crippen LogP contribution in [-0.4, -0.2) is 53.5 Å². The maximum absolute atomic E-state index is 13.0. The number of fused-ring (bicyclic) bond motifs is 1. The van der Waals surface area contributed by atoms with Crippen LogP contribution in [-0.2, 0) is 19.4 Å². The van der Waals surface area contributed by atoms with Crippen LogP contribution < -0.4 is 4.90 Å². The molecule has 9 heteroatoms. The van der Waals surface area contributed by atoms with Crippen LogP contribution in [0.1, 0.15) is 18.9 Å². The highest BCUT2D eigenvalue weighted by molar-refractivity contribution is 8.26. The van der Waals surface area contributed by atoms with E-state index in [-0.39, 0.29) is 23.3 Å². The number of carbonyl (C=O) groups excluding carboxylic acids is 2. The molecule has 1 aromatic rings. The summed E-state index contributed by atoms with van der Waals surface area (Å²) in [7, 11) is -3.14. The first-order valence-corrected chi connectivity index (χ1v) is 11.3. The van der Waals surface area contributed by atoms with Crippen LogP contribution in [0.15, 0.2) is 29.2 Å². The highest BCUT2D eigenvalue weighted by Gasteiger charge is 2.46. The second-order valence-corrected chi connectivity index (χ2v) is 10.2. The Kier molecular flexibility index (Phi) is 4.20. The van der Waals surface area contributed by atoms with E-state index in [4.69, 9.17) is 12.2 Å². The van der Waals surface area contributed by atoms with Gasteiger partial charge in [-0.1, -0.05) is 42.2 Å². The number of para-hydroxylation sites is 1. The lowest BCUT2D eigenvalue weighted by atomic mass is 10.1. The Balaban J connectivity index is 1.78. The second-order valence-electron chi connectivity index (χ2n) is 6.37. The first kappa shape index (κ1) is 17.7. The number of benzene rings is 1. The van der Waals surface area contributed by atoms with Crippen LogP contribution in [0.4, 0.5) is 5.69 Å². The summed E-state index contributed by atoms with van der Waals surface area (Å²) in [5.74, 6) is -0.592. The molecule has 136 valence electrons. The molecule has 2 fully saturated rings. The van der Waals surface area contributed by atoms with Crippen molar-refractivity contribution in [3.63, 3.8) is 0 Å². The van der Waals surface area contributed by atoms with Gasteiger partial charge in [0.2, 0.25) is 0 Å². The van der Waals surface area contributed by atoms with Crippen molar-refractivity contribution in [1.82, 2.24) is 4.90 Å². The molecule has 2 saturated heterocycles. The lowest BCUT2D eigenvalue weighted by molar-refractivity contribution is -0.123. The Morgan fingerprint density at radius 1 is 1.23 bits per heavy atom. The zero-order chi connectivity index (χ0) is 18.6. The van der Waals surface area contributed by atoms with Crippen molar-refractivity contribution in [2.75, 3.05) is 23.0 Å². The van der Waals surface area contributed by atoms with Gasteiger partial charge in [0.15, 0.2) is 9.84 Å². The normalized spacial score (nSPS) is 27.6. The predicted octanol–water partition coefficient (Wildman–Crippen LogP) is 1.81. The lowest BCUT2D eigenvalue weighted by Gasteiger charge is -2.21.